The first-order valence-electron chi connectivity index (χ1n) is 4.11. The molecule has 1 heterocycles. The zero-order valence-corrected chi connectivity index (χ0v) is 7.50. The second kappa shape index (κ2) is 3.72. The molecule has 0 aromatic carbocycles. The summed E-state index contributed by atoms with van der Waals surface area (Å²) in [5, 5.41) is 4.05. The van der Waals surface area contributed by atoms with Crippen LogP contribution in [0, 0.1) is 5.92 Å². The van der Waals surface area contributed by atoms with Gasteiger partial charge < -0.3 is 9.74 Å². The van der Waals surface area contributed by atoms with E-state index in [0.29, 0.717) is 12.5 Å². The van der Waals surface area contributed by atoms with E-state index in [2.05, 4.69) is 24.0 Å². The highest BCUT2D eigenvalue weighted by Gasteiger charge is 2.22. The largest absolute Gasteiger partial charge is 0.396 e. The molecular formula is C8H16N2O. The summed E-state index contributed by atoms with van der Waals surface area (Å²) in [6.07, 6.45) is 0. The Hall–Kier alpha value is -0.570. The summed E-state index contributed by atoms with van der Waals surface area (Å²) in [4.78, 5) is 7.25. The van der Waals surface area contributed by atoms with Crippen molar-refractivity contribution >= 4 is 5.71 Å². The molecule has 0 saturated carbocycles. The van der Waals surface area contributed by atoms with E-state index < -0.39 is 0 Å². The third-order valence-corrected chi connectivity index (χ3v) is 1.90. The molecule has 1 rings (SSSR count). The molecule has 3 nitrogen and oxygen atoms in total. The molecule has 0 amide bonds. The van der Waals surface area contributed by atoms with Gasteiger partial charge in [-0.05, 0) is 14.0 Å². The van der Waals surface area contributed by atoms with Gasteiger partial charge in [0.2, 0.25) is 0 Å². The second-order valence-corrected chi connectivity index (χ2v) is 3.10. The van der Waals surface area contributed by atoms with Crippen LogP contribution in [0.5, 0.6) is 0 Å². The quantitative estimate of drug-likeness (QED) is 0.556. The average molecular weight is 156 g/mol. The van der Waals surface area contributed by atoms with Crippen LogP contribution in [0.15, 0.2) is 5.16 Å². The Morgan fingerprint density at radius 3 is 2.91 bits per heavy atom. The van der Waals surface area contributed by atoms with E-state index in [1.54, 1.807) is 0 Å². The van der Waals surface area contributed by atoms with Crippen LogP contribution >= 0.6 is 0 Å². The maximum atomic E-state index is 5.00. The lowest BCUT2D eigenvalue weighted by Gasteiger charge is -2.02. The first-order valence-corrected chi connectivity index (χ1v) is 4.11. The van der Waals surface area contributed by atoms with Crippen LogP contribution in [0.1, 0.15) is 13.8 Å². The van der Waals surface area contributed by atoms with Crippen molar-refractivity contribution in [1.29, 1.82) is 0 Å². The van der Waals surface area contributed by atoms with Gasteiger partial charge in [-0.15, -0.1) is 0 Å². The molecule has 0 aromatic heterocycles. The van der Waals surface area contributed by atoms with Gasteiger partial charge in [0.25, 0.3) is 0 Å². The maximum Gasteiger partial charge on any atom is 0.114 e. The highest BCUT2D eigenvalue weighted by molar-refractivity contribution is 5.89. The molecule has 1 aliphatic rings. The van der Waals surface area contributed by atoms with Crippen molar-refractivity contribution in [2.45, 2.75) is 13.8 Å². The fourth-order valence-electron chi connectivity index (χ4n) is 1.34. The van der Waals surface area contributed by atoms with Gasteiger partial charge in [-0.3, -0.25) is 0 Å². The van der Waals surface area contributed by atoms with Crippen molar-refractivity contribution in [3.8, 4) is 0 Å². The van der Waals surface area contributed by atoms with Crippen molar-refractivity contribution < 1.29 is 4.84 Å². The van der Waals surface area contributed by atoms with Gasteiger partial charge in [0, 0.05) is 19.0 Å². The van der Waals surface area contributed by atoms with Gasteiger partial charge in [-0.2, -0.15) is 0 Å². The summed E-state index contributed by atoms with van der Waals surface area (Å²) in [5.41, 5.74) is 1.18. The highest BCUT2D eigenvalue weighted by Crippen LogP contribution is 2.10. The third-order valence-electron chi connectivity index (χ3n) is 1.90. The smallest absolute Gasteiger partial charge is 0.114 e. The Labute approximate surface area is 68.0 Å². The third kappa shape index (κ3) is 2.19. The Morgan fingerprint density at radius 2 is 2.45 bits per heavy atom. The van der Waals surface area contributed by atoms with Crippen LogP contribution in [0.3, 0.4) is 0 Å². The van der Waals surface area contributed by atoms with Crippen molar-refractivity contribution in [2.75, 3.05) is 26.7 Å². The maximum absolute atomic E-state index is 5.00. The van der Waals surface area contributed by atoms with E-state index in [4.69, 9.17) is 4.84 Å². The van der Waals surface area contributed by atoms with Crippen LogP contribution in [-0.2, 0) is 4.84 Å². The van der Waals surface area contributed by atoms with Gasteiger partial charge in [-0.25, -0.2) is 0 Å². The van der Waals surface area contributed by atoms with Crippen LogP contribution in [-0.4, -0.2) is 37.4 Å². The minimum absolute atomic E-state index is 0.562. The normalized spacial score (nSPS) is 29.7. The minimum Gasteiger partial charge on any atom is -0.396 e. The second-order valence-electron chi connectivity index (χ2n) is 3.10. The molecule has 0 N–H and O–H groups in total. The summed E-state index contributed by atoms with van der Waals surface area (Å²) in [7, 11) is 2.10. The fraction of sp³-hybridized carbons (Fsp3) is 0.875. The highest BCUT2D eigenvalue weighted by atomic mass is 16.6. The summed E-state index contributed by atoms with van der Waals surface area (Å²) < 4.78 is 0. The lowest BCUT2D eigenvalue weighted by Crippen LogP contribution is -2.13. The molecular weight excluding hydrogens is 140 g/mol. The summed E-state index contributed by atoms with van der Waals surface area (Å²) in [6.45, 7) is 6.86. The first-order chi connectivity index (χ1) is 5.24. The van der Waals surface area contributed by atoms with Crippen LogP contribution in [0.25, 0.3) is 0 Å². The molecule has 1 atom stereocenters. The average Bonchev–Trinajstić information content (AvgIpc) is 2.26. The van der Waals surface area contributed by atoms with Crippen molar-refractivity contribution in [1.82, 2.24) is 4.90 Å². The number of rotatable bonds is 2. The van der Waals surface area contributed by atoms with E-state index in [-0.39, 0.29) is 0 Å². The minimum atomic E-state index is 0.562. The Bertz CT molecular complexity index is 156. The van der Waals surface area contributed by atoms with Crippen molar-refractivity contribution in [3.05, 3.63) is 0 Å². The van der Waals surface area contributed by atoms with Crippen LogP contribution < -0.4 is 0 Å². The monoisotopic (exact) mass is 156 g/mol. The molecule has 11 heavy (non-hydrogen) atoms. The molecule has 3 heteroatoms. The van der Waals surface area contributed by atoms with Gasteiger partial charge in [0.1, 0.15) is 6.61 Å². The van der Waals surface area contributed by atoms with E-state index in [1.807, 2.05) is 6.92 Å². The standard InChI is InChI=1S/C8H16N2O/c1-4-11-9-8-6-10(3)5-7(8)2/h7H,4-6H2,1-3H3/b9-8-. The molecule has 0 bridgehead atoms. The van der Waals surface area contributed by atoms with Crippen LogP contribution in [0.4, 0.5) is 0 Å². The molecule has 1 fully saturated rings. The van der Waals surface area contributed by atoms with Gasteiger partial charge in [-0.1, -0.05) is 12.1 Å². The topological polar surface area (TPSA) is 24.8 Å². The van der Waals surface area contributed by atoms with E-state index in [1.165, 1.54) is 5.71 Å². The molecule has 1 saturated heterocycles. The van der Waals surface area contributed by atoms with Crippen molar-refractivity contribution in [2.24, 2.45) is 11.1 Å². The lowest BCUT2D eigenvalue weighted by atomic mass is 10.1. The molecule has 1 unspecified atom stereocenters. The first kappa shape index (κ1) is 8.53. The molecule has 1 aliphatic heterocycles. The number of nitrogens with zero attached hydrogens (tertiary/aromatic N) is 2. The number of hydrogen-bond donors (Lipinski definition) is 0. The lowest BCUT2D eigenvalue weighted by molar-refractivity contribution is 0.157. The van der Waals surface area contributed by atoms with E-state index >= 15 is 0 Å². The fourth-order valence-corrected chi connectivity index (χ4v) is 1.34. The summed E-state index contributed by atoms with van der Waals surface area (Å²) in [6, 6.07) is 0. The summed E-state index contributed by atoms with van der Waals surface area (Å²) in [5.74, 6) is 0.562. The van der Waals surface area contributed by atoms with Gasteiger partial charge in [0.05, 0.1) is 5.71 Å². The predicted octanol–water partition coefficient (Wildman–Crippen LogP) is 0.960. The molecule has 0 aliphatic carbocycles. The zero-order chi connectivity index (χ0) is 8.27. The number of oxime groups is 1. The molecule has 0 aromatic rings. The van der Waals surface area contributed by atoms with E-state index in [0.717, 1.165) is 13.1 Å². The Balaban J connectivity index is 2.45. The van der Waals surface area contributed by atoms with Gasteiger partial charge in [0.15, 0.2) is 0 Å². The molecule has 0 spiro atoms. The Morgan fingerprint density at radius 1 is 1.73 bits per heavy atom. The zero-order valence-electron chi connectivity index (χ0n) is 7.50. The number of likely N-dealkylation sites (tertiary alicyclic amines) is 1. The molecule has 64 valence electrons. The van der Waals surface area contributed by atoms with Gasteiger partial charge >= 0.3 is 0 Å². The van der Waals surface area contributed by atoms with Crippen molar-refractivity contribution in [3.63, 3.8) is 0 Å². The SMILES string of the molecule is CCO/N=C1/CN(C)CC1C. The number of hydrogen-bond acceptors (Lipinski definition) is 3. The van der Waals surface area contributed by atoms with Crippen LogP contribution in [0.2, 0.25) is 0 Å². The Kier molecular flexibility index (Phi) is 2.88. The summed E-state index contributed by atoms with van der Waals surface area (Å²) >= 11 is 0. The molecule has 0 radical (unpaired) electrons. The predicted molar refractivity (Wildman–Crippen MR) is 45.7 cm³/mol. The van der Waals surface area contributed by atoms with E-state index in [9.17, 15) is 0 Å².